The number of benzene rings is 5. The fraction of sp³-hybridized carbons (Fsp3) is 0.182. The summed E-state index contributed by atoms with van der Waals surface area (Å²) in [6.07, 6.45) is 6.97. The molecule has 0 aliphatic heterocycles. The zero-order valence-electron chi connectivity index (χ0n) is 27.7. The van der Waals surface area contributed by atoms with Gasteiger partial charge < -0.3 is 14.2 Å². The Balaban J connectivity index is 1.18. The summed E-state index contributed by atoms with van der Waals surface area (Å²) in [6, 6.07) is 30.0. The maximum Gasteiger partial charge on any atom is 0.335 e. The molecule has 49 heavy (non-hydrogen) atoms. The van der Waals surface area contributed by atoms with Crippen molar-refractivity contribution in [3.05, 3.63) is 144 Å². The van der Waals surface area contributed by atoms with Crippen molar-refractivity contribution >= 4 is 33.5 Å². The second-order valence-corrected chi connectivity index (χ2v) is 11.4. The number of carbonyl (C=O) groups excluding carboxylic acids is 2. The number of fused-ring (bicyclic) bond motifs is 2. The van der Waals surface area contributed by atoms with E-state index in [9.17, 15) is 9.59 Å². The van der Waals surface area contributed by atoms with Crippen LogP contribution in [0.25, 0.3) is 21.5 Å². The van der Waals surface area contributed by atoms with Crippen LogP contribution in [0.3, 0.4) is 0 Å². The Labute approximate surface area is 288 Å². The van der Waals surface area contributed by atoms with Crippen LogP contribution in [0.4, 0.5) is 0 Å². The molecule has 0 bridgehead atoms. The molecule has 0 fully saturated rings. The highest BCUT2D eigenvalue weighted by molar-refractivity contribution is 5.88. The Bertz CT molecular complexity index is 2130. The smallest absolute Gasteiger partial charge is 0.335 e. The largest absolute Gasteiger partial charge is 0.494 e. The van der Waals surface area contributed by atoms with Crippen molar-refractivity contribution in [3.8, 4) is 35.2 Å². The summed E-state index contributed by atoms with van der Waals surface area (Å²) in [6.45, 7) is 10.0. The SMILES string of the molecule is C=CC(=O)OCCCCCCOc1ccc2cc(C#Cc3ccc(C#Cc4ccc5cc(OC(=O)C=C)ccc5c4)cc3CC)ccc2c1. The first-order valence-electron chi connectivity index (χ1n) is 16.4. The summed E-state index contributed by atoms with van der Waals surface area (Å²) in [7, 11) is 0. The van der Waals surface area contributed by atoms with Gasteiger partial charge >= 0.3 is 11.9 Å². The van der Waals surface area contributed by atoms with Crippen molar-refractivity contribution < 1.29 is 23.8 Å². The normalized spacial score (nSPS) is 10.3. The first kappa shape index (κ1) is 34.3. The van der Waals surface area contributed by atoms with Gasteiger partial charge in [0, 0.05) is 34.4 Å². The van der Waals surface area contributed by atoms with Crippen LogP contribution in [0.2, 0.25) is 0 Å². The maximum absolute atomic E-state index is 11.5. The van der Waals surface area contributed by atoms with Gasteiger partial charge in [0.05, 0.1) is 13.2 Å². The lowest BCUT2D eigenvalue weighted by Gasteiger charge is -2.08. The minimum Gasteiger partial charge on any atom is -0.494 e. The monoisotopic (exact) mass is 646 g/mol. The van der Waals surface area contributed by atoms with Crippen molar-refractivity contribution in [2.24, 2.45) is 0 Å². The molecular weight excluding hydrogens is 608 g/mol. The van der Waals surface area contributed by atoms with Crippen LogP contribution < -0.4 is 9.47 Å². The molecule has 0 saturated heterocycles. The predicted molar refractivity (Wildman–Crippen MR) is 197 cm³/mol. The number of aryl methyl sites for hydroxylation is 1. The zero-order chi connectivity index (χ0) is 34.4. The molecule has 5 rings (SSSR count). The third kappa shape index (κ3) is 9.97. The summed E-state index contributed by atoms with van der Waals surface area (Å²) in [5.41, 5.74) is 4.93. The Morgan fingerprint density at radius 3 is 1.78 bits per heavy atom. The summed E-state index contributed by atoms with van der Waals surface area (Å²) in [4.78, 5) is 22.6. The number of carbonyl (C=O) groups is 2. The van der Waals surface area contributed by atoms with Crippen molar-refractivity contribution in [1.82, 2.24) is 0 Å². The van der Waals surface area contributed by atoms with E-state index in [1.807, 2.05) is 54.6 Å². The fourth-order valence-corrected chi connectivity index (χ4v) is 5.26. The van der Waals surface area contributed by atoms with E-state index in [0.717, 1.165) is 93.3 Å². The zero-order valence-corrected chi connectivity index (χ0v) is 27.7. The van der Waals surface area contributed by atoms with Crippen molar-refractivity contribution in [3.63, 3.8) is 0 Å². The second-order valence-electron chi connectivity index (χ2n) is 11.4. The van der Waals surface area contributed by atoms with Gasteiger partial charge in [-0.1, -0.05) is 68.0 Å². The summed E-state index contributed by atoms with van der Waals surface area (Å²) >= 11 is 0. The van der Waals surface area contributed by atoms with E-state index < -0.39 is 5.97 Å². The molecule has 0 heterocycles. The third-order valence-corrected chi connectivity index (χ3v) is 7.91. The molecule has 0 unspecified atom stereocenters. The van der Waals surface area contributed by atoms with E-state index in [2.05, 4.69) is 74.1 Å². The molecule has 0 atom stereocenters. The molecule has 0 aliphatic rings. The predicted octanol–water partition coefficient (Wildman–Crippen LogP) is 9.11. The molecule has 0 radical (unpaired) electrons. The molecule has 244 valence electrons. The van der Waals surface area contributed by atoms with Gasteiger partial charge in [-0.25, -0.2) is 9.59 Å². The number of esters is 2. The summed E-state index contributed by atoms with van der Waals surface area (Å²) < 4.78 is 16.2. The lowest BCUT2D eigenvalue weighted by atomic mass is 10.0. The van der Waals surface area contributed by atoms with Crippen molar-refractivity contribution in [2.45, 2.75) is 39.0 Å². The average Bonchev–Trinajstić information content (AvgIpc) is 3.13. The van der Waals surface area contributed by atoms with Gasteiger partial charge in [0.25, 0.3) is 0 Å². The highest BCUT2D eigenvalue weighted by atomic mass is 16.5. The van der Waals surface area contributed by atoms with E-state index >= 15 is 0 Å². The summed E-state index contributed by atoms with van der Waals surface area (Å²) in [5, 5.41) is 4.19. The van der Waals surface area contributed by atoms with E-state index in [1.54, 1.807) is 6.07 Å². The minimum absolute atomic E-state index is 0.370. The third-order valence-electron chi connectivity index (χ3n) is 7.91. The first-order chi connectivity index (χ1) is 23.9. The van der Waals surface area contributed by atoms with Crippen molar-refractivity contribution in [1.29, 1.82) is 0 Å². The molecule has 5 aromatic carbocycles. The first-order valence-corrected chi connectivity index (χ1v) is 16.4. The maximum atomic E-state index is 11.5. The molecule has 0 amide bonds. The number of unbranched alkanes of at least 4 members (excludes halogenated alkanes) is 3. The molecule has 0 saturated carbocycles. The van der Waals surface area contributed by atoms with Crippen LogP contribution >= 0.6 is 0 Å². The van der Waals surface area contributed by atoms with Gasteiger partial charge in [-0.2, -0.15) is 0 Å². The molecule has 5 aromatic rings. The highest BCUT2D eigenvalue weighted by Crippen LogP contribution is 2.24. The number of rotatable bonds is 12. The van der Waals surface area contributed by atoms with Crippen LogP contribution in [-0.2, 0) is 20.7 Å². The van der Waals surface area contributed by atoms with Gasteiger partial charge in [-0.3, -0.25) is 0 Å². The molecule has 5 heteroatoms. The molecule has 5 nitrogen and oxygen atoms in total. The van der Waals surface area contributed by atoms with Crippen LogP contribution in [0.15, 0.2) is 116 Å². The Morgan fingerprint density at radius 2 is 1.12 bits per heavy atom. The summed E-state index contributed by atoms with van der Waals surface area (Å²) in [5.74, 6) is 13.8. The molecule has 0 spiro atoms. The standard InChI is InChI=1S/C44H38O5/c1-4-35-27-32(11-12-33-15-20-40-31-42(49-44(46)6-3)24-22-38(40)28-33)13-17-36(35)18-14-34-16-19-39-30-41(23-21-37(39)29-34)47-25-9-7-8-10-26-48-43(45)5-2/h5-6,13,15-17,19-24,27-31H,2-4,7-10,25-26H2,1H3. The van der Waals surface area contributed by atoms with E-state index in [4.69, 9.17) is 14.2 Å². The van der Waals surface area contributed by atoms with Crippen LogP contribution in [0.1, 0.15) is 60.4 Å². The Hall–Kier alpha value is -6.04. The Morgan fingerprint density at radius 1 is 0.592 bits per heavy atom. The lowest BCUT2D eigenvalue weighted by molar-refractivity contribution is -0.137. The number of hydrogen-bond donors (Lipinski definition) is 0. The topological polar surface area (TPSA) is 61.8 Å². The quantitative estimate of drug-likeness (QED) is 0.0445. The lowest BCUT2D eigenvalue weighted by Crippen LogP contribution is -2.02. The van der Waals surface area contributed by atoms with Crippen LogP contribution in [-0.4, -0.2) is 25.2 Å². The fourth-order valence-electron chi connectivity index (χ4n) is 5.26. The average molecular weight is 647 g/mol. The Kier molecular flexibility index (Phi) is 12.0. The second kappa shape index (κ2) is 17.2. The van der Waals surface area contributed by atoms with E-state index in [1.165, 1.54) is 6.08 Å². The van der Waals surface area contributed by atoms with Crippen molar-refractivity contribution in [2.75, 3.05) is 13.2 Å². The molecular formula is C44H38O5. The minimum atomic E-state index is -0.483. The van der Waals surface area contributed by atoms with Gasteiger partial charge in [0.15, 0.2) is 0 Å². The van der Waals surface area contributed by atoms with Gasteiger partial charge in [-0.05, 0) is 126 Å². The molecule has 0 N–H and O–H groups in total. The van der Waals surface area contributed by atoms with Crippen LogP contribution in [0.5, 0.6) is 11.5 Å². The van der Waals surface area contributed by atoms with E-state index in [-0.39, 0.29) is 5.97 Å². The van der Waals surface area contributed by atoms with Gasteiger partial charge in [0.2, 0.25) is 0 Å². The highest BCUT2D eigenvalue weighted by Gasteiger charge is 2.04. The van der Waals surface area contributed by atoms with Gasteiger partial charge in [-0.15, -0.1) is 0 Å². The molecule has 0 aromatic heterocycles. The number of hydrogen-bond acceptors (Lipinski definition) is 5. The van der Waals surface area contributed by atoms with E-state index in [0.29, 0.717) is 19.0 Å². The van der Waals surface area contributed by atoms with Crippen LogP contribution in [0, 0.1) is 23.7 Å². The number of ether oxygens (including phenoxy) is 3. The molecule has 0 aliphatic carbocycles. The van der Waals surface area contributed by atoms with Gasteiger partial charge in [0.1, 0.15) is 11.5 Å².